The highest BCUT2D eigenvalue weighted by molar-refractivity contribution is 9.10. The fraction of sp³-hybridized carbons (Fsp3) is 0.786. The summed E-state index contributed by atoms with van der Waals surface area (Å²) < 4.78 is 2.91. The average molecular weight is 329 g/mol. The topological polar surface area (TPSA) is 47.1 Å². The first-order chi connectivity index (χ1) is 9.00. The van der Waals surface area contributed by atoms with Crippen molar-refractivity contribution in [2.24, 2.45) is 12.8 Å². The highest BCUT2D eigenvalue weighted by Crippen LogP contribution is 2.36. The van der Waals surface area contributed by atoms with E-state index < -0.39 is 0 Å². The monoisotopic (exact) mass is 328 g/mol. The Morgan fingerprint density at radius 1 is 1.42 bits per heavy atom. The molecule has 5 heteroatoms. The molecule has 1 aromatic rings. The highest BCUT2D eigenvalue weighted by atomic mass is 79.9. The molecule has 0 aliphatic carbocycles. The molecule has 0 bridgehead atoms. The molecule has 19 heavy (non-hydrogen) atoms. The van der Waals surface area contributed by atoms with Gasteiger partial charge in [-0.2, -0.15) is 5.10 Å². The summed E-state index contributed by atoms with van der Waals surface area (Å²) in [5.41, 5.74) is 7.72. The van der Waals surface area contributed by atoms with Crippen molar-refractivity contribution < 1.29 is 0 Å². The molecule has 0 aromatic carbocycles. The molecule has 2 N–H and O–H groups in total. The maximum absolute atomic E-state index is 6.63. The Balaban J connectivity index is 2.29. The number of nitrogens with zero attached hydrogens (tertiary/aromatic N) is 3. The minimum atomic E-state index is -0.0301. The molecule has 108 valence electrons. The van der Waals surface area contributed by atoms with Crippen LogP contribution in [0.15, 0.2) is 10.7 Å². The second-order valence-corrected chi connectivity index (χ2v) is 6.59. The summed E-state index contributed by atoms with van der Waals surface area (Å²) in [5, 5.41) is 4.30. The first kappa shape index (κ1) is 15.0. The van der Waals surface area contributed by atoms with Gasteiger partial charge in [-0.3, -0.25) is 9.58 Å². The molecule has 1 aromatic heterocycles. The second-order valence-electron chi connectivity index (χ2n) is 5.74. The van der Waals surface area contributed by atoms with Gasteiger partial charge in [0.1, 0.15) is 0 Å². The number of rotatable bonds is 4. The van der Waals surface area contributed by atoms with Gasteiger partial charge in [-0.05, 0) is 55.2 Å². The lowest BCUT2D eigenvalue weighted by Gasteiger charge is -2.46. The Hall–Kier alpha value is -0.390. The van der Waals surface area contributed by atoms with Gasteiger partial charge in [-0.15, -0.1) is 0 Å². The van der Waals surface area contributed by atoms with E-state index in [9.17, 15) is 0 Å². The number of aryl methyl sites for hydroxylation is 1. The molecule has 0 saturated carbocycles. The number of aromatic nitrogens is 2. The summed E-state index contributed by atoms with van der Waals surface area (Å²) in [7, 11) is 1.96. The minimum absolute atomic E-state index is 0.00324. The Labute approximate surface area is 124 Å². The molecule has 2 unspecified atom stereocenters. The first-order valence-corrected chi connectivity index (χ1v) is 7.98. The Morgan fingerprint density at radius 3 is 2.53 bits per heavy atom. The van der Waals surface area contributed by atoms with Crippen molar-refractivity contribution in [1.82, 2.24) is 14.7 Å². The predicted octanol–water partition coefficient (Wildman–Crippen LogP) is 2.84. The lowest BCUT2D eigenvalue weighted by atomic mass is 9.84. The van der Waals surface area contributed by atoms with Crippen molar-refractivity contribution in [2.75, 3.05) is 13.1 Å². The molecule has 1 saturated heterocycles. The zero-order chi connectivity index (χ0) is 14.0. The summed E-state index contributed by atoms with van der Waals surface area (Å²) in [6, 6.07) is -0.0301. The third kappa shape index (κ3) is 2.73. The number of likely N-dealkylation sites (tertiary alicyclic amines) is 1. The van der Waals surface area contributed by atoms with Crippen LogP contribution in [0.3, 0.4) is 0 Å². The zero-order valence-corrected chi connectivity index (χ0v) is 13.8. The normalized spacial score (nSPS) is 22.2. The molecular weight excluding hydrogens is 304 g/mol. The number of hydrogen-bond acceptors (Lipinski definition) is 3. The summed E-state index contributed by atoms with van der Waals surface area (Å²) in [5.74, 6) is 0. The van der Waals surface area contributed by atoms with Gasteiger partial charge in [0.25, 0.3) is 0 Å². The smallest absolute Gasteiger partial charge is 0.0709 e. The average Bonchev–Trinajstić information content (AvgIpc) is 2.77. The van der Waals surface area contributed by atoms with E-state index in [4.69, 9.17) is 5.73 Å². The van der Waals surface area contributed by atoms with Crippen molar-refractivity contribution in [2.45, 2.75) is 51.1 Å². The minimum Gasteiger partial charge on any atom is -0.321 e. The van der Waals surface area contributed by atoms with Gasteiger partial charge in [0.2, 0.25) is 0 Å². The van der Waals surface area contributed by atoms with E-state index >= 15 is 0 Å². The van der Waals surface area contributed by atoms with Crippen LogP contribution < -0.4 is 5.73 Å². The summed E-state index contributed by atoms with van der Waals surface area (Å²) in [4.78, 5) is 2.57. The van der Waals surface area contributed by atoms with Crippen LogP contribution in [0.1, 0.15) is 51.3 Å². The molecule has 2 heterocycles. The number of halogens is 1. The largest absolute Gasteiger partial charge is 0.321 e. The van der Waals surface area contributed by atoms with E-state index in [1.54, 1.807) is 0 Å². The van der Waals surface area contributed by atoms with Crippen molar-refractivity contribution in [3.8, 4) is 0 Å². The molecular formula is C14H25BrN4. The third-order valence-electron chi connectivity index (χ3n) is 4.70. The van der Waals surface area contributed by atoms with Crippen LogP contribution in [0.5, 0.6) is 0 Å². The molecule has 1 fully saturated rings. The van der Waals surface area contributed by atoms with Crippen molar-refractivity contribution >= 4 is 15.9 Å². The highest BCUT2D eigenvalue weighted by Gasteiger charge is 2.39. The van der Waals surface area contributed by atoms with E-state index in [0.717, 1.165) is 29.7 Å². The standard InChI is InChI=1S/C14H25BrN4/c1-4-14(2,19-8-6-5-7-9-19)13(16)12-11(15)10-17-18(12)3/h10,13H,4-9,16H2,1-3H3. The number of piperidine rings is 1. The van der Waals surface area contributed by atoms with Crippen LogP contribution in [0.4, 0.5) is 0 Å². The number of hydrogen-bond donors (Lipinski definition) is 1. The predicted molar refractivity (Wildman–Crippen MR) is 82.0 cm³/mol. The summed E-state index contributed by atoms with van der Waals surface area (Å²) >= 11 is 3.58. The maximum Gasteiger partial charge on any atom is 0.0709 e. The fourth-order valence-corrected chi connectivity index (χ4v) is 3.70. The van der Waals surface area contributed by atoms with Crippen molar-refractivity contribution in [3.63, 3.8) is 0 Å². The SMILES string of the molecule is CCC(C)(C(N)c1c(Br)cnn1C)N1CCCCC1. The molecule has 2 rings (SSSR count). The molecule has 4 nitrogen and oxygen atoms in total. The summed E-state index contributed by atoms with van der Waals surface area (Å²) in [6.07, 6.45) is 6.80. The van der Waals surface area contributed by atoms with Crippen LogP contribution >= 0.6 is 15.9 Å². The first-order valence-electron chi connectivity index (χ1n) is 7.18. The van der Waals surface area contributed by atoms with Gasteiger partial charge < -0.3 is 5.73 Å². The van der Waals surface area contributed by atoms with E-state index in [-0.39, 0.29) is 11.6 Å². The van der Waals surface area contributed by atoms with Gasteiger partial charge in [0.15, 0.2) is 0 Å². The molecule has 0 amide bonds. The Morgan fingerprint density at radius 2 is 2.05 bits per heavy atom. The van der Waals surface area contributed by atoms with Gasteiger partial charge in [-0.25, -0.2) is 0 Å². The second kappa shape index (κ2) is 5.94. The molecule has 2 atom stereocenters. The van der Waals surface area contributed by atoms with E-state index in [1.807, 2.05) is 17.9 Å². The van der Waals surface area contributed by atoms with Gasteiger partial charge in [0.05, 0.1) is 22.4 Å². The summed E-state index contributed by atoms with van der Waals surface area (Å²) in [6.45, 7) is 6.85. The lowest BCUT2D eigenvalue weighted by molar-refractivity contribution is 0.0519. The van der Waals surface area contributed by atoms with Gasteiger partial charge in [0, 0.05) is 12.6 Å². The number of nitrogens with two attached hydrogens (primary N) is 1. The van der Waals surface area contributed by atoms with Crippen LogP contribution in [-0.4, -0.2) is 33.3 Å². The molecule has 1 aliphatic heterocycles. The van der Waals surface area contributed by atoms with Crippen LogP contribution in [0.25, 0.3) is 0 Å². The van der Waals surface area contributed by atoms with Crippen LogP contribution in [-0.2, 0) is 7.05 Å². The Kier molecular flexibility index (Phi) is 4.69. The van der Waals surface area contributed by atoms with E-state index in [1.165, 1.54) is 19.3 Å². The van der Waals surface area contributed by atoms with Crippen LogP contribution in [0, 0.1) is 0 Å². The molecule has 1 aliphatic rings. The van der Waals surface area contributed by atoms with E-state index in [0.29, 0.717) is 0 Å². The Bertz CT molecular complexity index is 406. The van der Waals surface area contributed by atoms with Gasteiger partial charge >= 0.3 is 0 Å². The zero-order valence-electron chi connectivity index (χ0n) is 12.2. The van der Waals surface area contributed by atoms with Crippen molar-refractivity contribution in [1.29, 1.82) is 0 Å². The molecule has 0 radical (unpaired) electrons. The van der Waals surface area contributed by atoms with Crippen LogP contribution in [0.2, 0.25) is 0 Å². The maximum atomic E-state index is 6.63. The van der Waals surface area contributed by atoms with Gasteiger partial charge in [-0.1, -0.05) is 13.3 Å². The lowest BCUT2D eigenvalue weighted by Crippen LogP contribution is -2.55. The molecule has 0 spiro atoms. The third-order valence-corrected chi connectivity index (χ3v) is 5.31. The van der Waals surface area contributed by atoms with E-state index in [2.05, 4.69) is 39.8 Å². The fourth-order valence-electron chi connectivity index (χ4n) is 3.11. The van der Waals surface area contributed by atoms with Crippen molar-refractivity contribution in [3.05, 3.63) is 16.4 Å². The quantitative estimate of drug-likeness (QED) is 0.924.